The molecule has 0 fully saturated rings. The number of hydrogen-bond acceptors (Lipinski definition) is 4. The first kappa shape index (κ1) is 18.1. The van der Waals surface area contributed by atoms with Crippen molar-refractivity contribution in [1.29, 1.82) is 0 Å². The summed E-state index contributed by atoms with van der Waals surface area (Å²) < 4.78 is 0. The molecule has 0 atom stereocenters. The molecule has 0 bridgehead atoms. The van der Waals surface area contributed by atoms with E-state index in [1.165, 1.54) is 17.8 Å². The third-order valence-corrected chi connectivity index (χ3v) is 5.48. The number of carbonyl (C=O) groups excluding carboxylic acids is 1. The van der Waals surface area contributed by atoms with Gasteiger partial charge in [-0.2, -0.15) is 5.10 Å². The number of aromatic hydroxyl groups is 1. The average Bonchev–Trinajstić information content (AvgIpc) is 3.23. The summed E-state index contributed by atoms with van der Waals surface area (Å²) in [5.74, 6) is -0.373. The van der Waals surface area contributed by atoms with Crippen LogP contribution in [0.5, 0.6) is 5.75 Å². The Morgan fingerprint density at radius 3 is 2.43 bits per heavy atom. The van der Waals surface area contributed by atoms with E-state index in [9.17, 15) is 9.90 Å². The Morgan fingerprint density at radius 2 is 1.67 bits per heavy atom. The van der Waals surface area contributed by atoms with Gasteiger partial charge in [-0.1, -0.05) is 54.6 Å². The van der Waals surface area contributed by atoms with E-state index >= 15 is 0 Å². The molecule has 2 aromatic carbocycles. The van der Waals surface area contributed by atoms with Gasteiger partial charge in [0.25, 0.3) is 5.91 Å². The number of aromatic amines is 1. The van der Waals surface area contributed by atoms with Gasteiger partial charge in [0.05, 0.1) is 12.2 Å². The molecule has 6 heteroatoms. The van der Waals surface area contributed by atoms with Gasteiger partial charge in [0.2, 0.25) is 0 Å². The topological polar surface area (TPSA) is 82.1 Å². The number of hydrogen-bond donors (Lipinski definition) is 2. The Labute approximate surface area is 173 Å². The highest BCUT2D eigenvalue weighted by Crippen LogP contribution is 2.31. The Kier molecular flexibility index (Phi) is 4.52. The standard InChI is InChI=1S/C24H20N4O2/c29-21-7-4-13-25-23(21)24(30)28-14-12-20-19(15-28)22(27-26-20)18-10-8-17(9-11-18)16-5-2-1-3-6-16/h1-11,13,29H,12,14-15H2,(H,26,27). The SMILES string of the molecule is O=C(c1ncccc1O)N1CCc2[nH]nc(-c3ccc(-c4ccccc4)cc3)c2C1. The van der Waals surface area contributed by atoms with Crippen molar-refractivity contribution in [2.24, 2.45) is 0 Å². The first-order valence-corrected chi connectivity index (χ1v) is 9.86. The molecule has 0 unspecified atom stereocenters. The largest absolute Gasteiger partial charge is 0.505 e. The first-order valence-electron chi connectivity index (χ1n) is 9.86. The van der Waals surface area contributed by atoms with Gasteiger partial charge >= 0.3 is 0 Å². The highest BCUT2D eigenvalue weighted by atomic mass is 16.3. The van der Waals surface area contributed by atoms with Crippen LogP contribution >= 0.6 is 0 Å². The molecule has 0 aliphatic carbocycles. The predicted molar refractivity (Wildman–Crippen MR) is 114 cm³/mol. The van der Waals surface area contributed by atoms with E-state index in [-0.39, 0.29) is 17.4 Å². The van der Waals surface area contributed by atoms with E-state index in [4.69, 9.17) is 0 Å². The minimum atomic E-state index is -0.273. The molecule has 1 aliphatic rings. The fraction of sp³-hybridized carbons (Fsp3) is 0.125. The number of nitrogens with zero attached hydrogens (tertiary/aromatic N) is 3. The van der Waals surface area contributed by atoms with Gasteiger partial charge in [0.15, 0.2) is 5.69 Å². The lowest BCUT2D eigenvalue weighted by Crippen LogP contribution is -2.36. The second-order valence-corrected chi connectivity index (χ2v) is 7.32. The van der Waals surface area contributed by atoms with E-state index in [1.807, 2.05) is 18.2 Å². The smallest absolute Gasteiger partial charge is 0.276 e. The molecule has 6 nitrogen and oxygen atoms in total. The third kappa shape index (κ3) is 3.22. The van der Waals surface area contributed by atoms with E-state index in [0.29, 0.717) is 19.5 Å². The Hall–Kier alpha value is -3.93. The highest BCUT2D eigenvalue weighted by Gasteiger charge is 2.28. The van der Waals surface area contributed by atoms with Gasteiger partial charge in [-0.3, -0.25) is 9.89 Å². The van der Waals surface area contributed by atoms with Crippen molar-refractivity contribution in [3.8, 4) is 28.1 Å². The van der Waals surface area contributed by atoms with Gasteiger partial charge in [-0.05, 0) is 23.3 Å². The van der Waals surface area contributed by atoms with Crippen molar-refractivity contribution in [2.45, 2.75) is 13.0 Å². The van der Waals surface area contributed by atoms with Crippen LogP contribution in [0, 0.1) is 0 Å². The van der Waals surface area contributed by atoms with Gasteiger partial charge in [0.1, 0.15) is 5.75 Å². The third-order valence-electron chi connectivity index (χ3n) is 5.48. The van der Waals surface area contributed by atoms with Gasteiger partial charge in [-0.15, -0.1) is 0 Å². The number of pyridine rings is 1. The van der Waals surface area contributed by atoms with Crippen molar-refractivity contribution in [2.75, 3.05) is 6.54 Å². The lowest BCUT2D eigenvalue weighted by atomic mass is 9.98. The van der Waals surface area contributed by atoms with Crippen LogP contribution in [-0.2, 0) is 13.0 Å². The van der Waals surface area contributed by atoms with Crippen molar-refractivity contribution < 1.29 is 9.90 Å². The molecule has 4 aromatic rings. The first-order chi connectivity index (χ1) is 14.7. The number of H-pyrrole nitrogens is 1. The molecule has 2 aromatic heterocycles. The molecular weight excluding hydrogens is 376 g/mol. The van der Waals surface area contributed by atoms with Crippen molar-refractivity contribution in [1.82, 2.24) is 20.1 Å². The number of benzene rings is 2. The zero-order chi connectivity index (χ0) is 20.5. The van der Waals surface area contributed by atoms with Crippen LogP contribution in [0.15, 0.2) is 72.9 Å². The van der Waals surface area contributed by atoms with Crippen LogP contribution in [0.3, 0.4) is 0 Å². The predicted octanol–water partition coefficient (Wildman–Crippen LogP) is 4.04. The summed E-state index contributed by atoms with van der Waals surface area (Å²) in [6, 6.07) is 21.6. The molecule has 0 saturated heterocycles. The van der Waals surface area contributed by atoms with Gasteiger partial charge < -0.3 is 10.0 Å². The lowest BCUT2D eigenvalue weighted by Gasteiger charge is -2.27. The summed E-state index contributed by atoms with van der Waals surface area (Å²) in [7, 11) is 0. The molecule has 2 N–H and O–H groups in total. The zero-order valence-corrected chi connectivity index (χ0v) is 16.2. The summed E-state index contributed by atoms with van der Waals surface area (Å²) in [6.07, 6.45) is 2.20. The summed E-state index contributed by atoms with van der Waals surface area (Å²) in [5, 5.41) is 17.6. The highest BCUT2D eigenvalue weighted by molar-refractivity contribution is 5.95. The maximum Gasteiger partial charge on any atom is 0.276 e. The fourth-order valence-electron chi connectivity index (χ4n) is 3.87. The summed E-state index contributed by atoms with van der Waals surface area (Å²) in [5.41, 5.74) is 6.31. The Bertz CT molecular complexity index is 1200. The second-order valence-electron chi connectivity index (χ2n) is 7.32. The van der Waals surface area contributed by atoms with E-state index in [1.54, 1.807) is 11.0 Å². The van der Waals surface area contributed by atoms with Crippen LogP contribution < -0.4 is 0 Å². The molecule has 1 aliphatic heterocycles. The Balaban J connectivity index is 1.42. The van der Waals surface area contributed by atoms with Crippen molar-refractivity contribution in [3.05, 3.63) is 89.9 Å². The number of aromatic nitrogens is 3. The number of nitrogens with one attached hydrogen (secondary N) is 1. The molecule has 30 heavy (non-hydrogen) atoms. The molecule has 0 radical (unpaired) electrons. The number of fused-ring (bicyclic) bond motifs is 1. The van der Waals surface area contributed by atoms with Crippen LogP contribution in [-0.4, -0.2) is 37.6 Å². The minimum absolute atomic E-state index is 0.0817. The number of carbonyl (C=O) groups is 1. The quantitative estimate of drug-likeness (QED) is 0.548. The van der Waals surface area contributed by atoms with E-state index < -0.39 is 0 Å². The summed E-state index contributed by atoms with van der Waals surface area (Å²) in [6.45, 7) is 0.979. The van der Waals surface area contributed by atoms with Gasteiger partial charge in [0, 0.05) is 36.0 Å². The molecule has 0 saturated carbocycles. The summed E-state index contributed by atoms with van der Waals surface area (Å²) >= 11 is 0. The number of amides is 1. The molecule has 1 amide bonds. The molecule has 0 spiro atoms. The van der Waals surface area contributed by atoms with Crippen molar-refractivity contribution >= 4 is 5.91 Å². The molecule has 5 rings (SSSR count). The van der Waals surface area contributed by atoms with Gasteiger partial charge in [-0.25, -0.2) is 4.98 Å². The number of rotatable bonds is 3. The maximum absolute atomic E-state index is 12.9. The van der Waals surface area contributed by atoms with Crippen LogP contribution in [0.4, 0.5) is 0 Å². The molecule has 3 heterocycles. The monoisotopic (exact) mass is 396 g/mol. The van der Waals surface area contributed by atoms with E-state index in [2.05, 4.69) is 51.6 Å². The fourth-order valence-corrected chi connectivity index (χ4v) is 3.87. The van der Waals surface area contributed by atoms with E-state index in [0.717, 1.165) is 28.1 Å². The maximum atomic E-state index is 12.9. The lowest BCUT2D eigenvalue weighted by molar-refractivity contribution is 0.0725. The van der Waals surface area contributed by atoms with Crippen LogP contribution in [0.1, 0.15) is 21.7 Å². The molecule has 148 valence electrons. The van der Waals surface area contributed by atoms with Crippen molar-refractivity contribution in [3.63, 3.8) is 0 Å². The summed E-state index contributed by atoms with van der Waals surface area (Å²) in [4.78, 5) is 18.6. The zero-order valence-electron chi connectivity index (χ0n) is 16.2. The van der Waals surface area contributed by atoms with Crippen LogP contribution in [0.2, 0.25) is 0 Å². The second kappa shape index (κ2) is 7.48. The Morgan fingerprint density at radius 1 is 0.933 bits per heavy atom. The normalized spacial score (nSPS) is 13.1. The molecular formula is C24H20N4O2. The van der Waals surface area contributed by atoms with Crippen LogP contribution in [0.25, 0.3) is 22.4 Å². The minimum Gasteiger partial charge on any atom is -0.505 e. The average molecular weight is 396 g/mol.